The molecule has 3 rings (SSSR count). The van der Waals surface area contributed by atoms with Crippen LogP contribution in [-0.4, -0.2) is 55.8 Å². The Morgan fingerprint density at radius 1 is 0.892 bits per heavy atom. The standard InChI is InChI=1S/C28H36N6O3/c1-27(2,3)24(35)22(29-28(4,5)6)17-19-13-15-21(16-14-19)37-26(36)34(7)18-23-30-32-25(33-31-23)20-11-9-8-10-12-20/h8-16,22,29H,17-18H2,1-7H3/t22-/m1/s1. The summed E-state index contributed by atoms with van der Waals surface area (Å²) in [5.41, 5.74) is 1.12. The Labute approximate surface area is 218 Å². The fourth-order valence-corrected chi connectivity index (χ4v) is 3.66. The molecule has 37 heavy (non-hydrogen) atoms. The van der Waals surface area contributed by atoms with Gasteiger partial charge in [0.05, 0.1) is 12.6 Å². The Kier molecular flexibility index (Phi) is 8.70. The number of rotatable bonds is 8. The van der Waals surface area contributed by atoms with E-state index in [2.05, 4.69) is 25.7 Å². The predicted octanol–water partition coefficient (Wildman–Crippen LogP) is 4.48. The van der Waals surface area contributed by atoms with E-state index in [-0.39, 0.29) is 23.9 Å². The Morgan fingerprint density at radius 2 is 1.49 bits per heavy atom. The molecule has 2 aromatic carbocycles. The van der Waals surface area contributed by atoms with Crippen molar-refractivity contribution in [1.29, 1.82) is 0 Å². The second-order valence-electron chi connectivity index (χ2n) is 11.1. The second-order valence-corrected chi connectivity index (χ2v) is 11.1. The van der Waals surface area contributed by atoms with E-state index >= 15 is 0 Å². The van der Waals surface area contributed by atoms with Crippen LogP contribution in [0.1, 0.15) is 52.9 Å². The van der Waals surface area contributed by atoms with Crippen LogP contribution in [0.3, 0.4) is 0 Å². The maximum atomic E-state index is 13.0. The minimum absolute atomic E-state index is 0.0983. The third-order valence-corrected chi connectivity index (χ3v) is 5.47. The molecule has 0 aliphatic heterocycles. The largest absolute Gasteiger partial charge is 0.415 e. The van der Waals surface area contributed by atoms with E-state index in [4.69, 9.17) is 4.74 Å². The SMILES string of the molecule is CN(Cc1nnc(-c2ccccc2)nn1)C(=O)Oc1ccc(C[C@@H](NC(C)(C)C)C(=O)C(C)(C)C)cc1. The highest BCUT2D eigenvalue weighted by Crippen LogP contribution is 2.22. The van der Waals surface area contributed by atoms with Crippen LogP contribution < -0.4 is 10.1 Å². The van der Waals surface area contributed by atoms with Gasteiger partial charge in [0.25, 0.3) is 0 Å². The smallest absolute Gasteiger partial charge is 0.410 e. The van der Waals surface area contributed by atoms with Gasteiger partial charge in [0.1, 0.15) is 5.75 Å². The summed E-state index contributed by atoms with van der Waals surface area (Å²) in [7, 11) is 1.59. The maximum Gasteiger partial charge on any atom is 0.415 e. The number of hydrogen-bond donors (Lipinski definition) is 1. The summed E-state index contributed by atoms with van der Waals surface area (Å²) >= 11 is 0. The van der Waals surface area contributed by atoms with Gasteiger partial charge in [-0.05, 0) is 44.9 Å². The zero-order valence-electron chi connectivity index (χ0n) is 22.6. The number of nitrogens with zero attached hydrogens (tertiary/aromatic N) is 5. The number of benzene rings is 2. The van der Waals surface area contributed by atoms with Crippen LogP contribution in [0, 0.1) is 5.41 Å². The summed E-state index contributed by atoms with van der Waals surface area (Å²) < 4.78 is 5.49. The molecule has 0 unspecified atom stereocenters. The molecule has 1 N–H and O–H groups in total. The maximum absolute atomic E-state index is 13.0. The molecule has 0 aliphatic rings. The summed E-state index contributed by atoms with van der Waals surface area (Å²) in [6, 6.07) is 16.3. The molecular weight excluding hydrogens is 468 g/mol. The van der Waals surface area contributed by atoms with E-state index in [1.54, 1.807) is 19.2 Å². The molecule has 1 heterocycles. The van der Waals surface area contributed by atoms with Gasteiger partial charge in [-0.25, -0.2) is 4.79 Å². The van der Waals surface area contributed by atoms with Gasteiger partial charge in [-0.3, -0.25) is 4.79 Å². The summed E-state index contributed by atoms with van der Waals surface area (Å²) in [5.74, 6) is 1.27. The number of amides is 1. The molecule has 0 aliphatic carbocycles. The first-order valence-corrected chi connectivity index (χ1v) is 12.3. The predicted molar refractivity (Wildman–Crippen MR) is 142 cm³/mol. The zero-order valence-corrected chi connectivity index (χ0v) is 22.6. The van der Waals surface area contributed by atoms with Crippen molar-refractivity contribution in [1.82, 2.24) is 30.6 Å². The Morgan fingerprint density at radius 3 is 2.03 bits per heavy atom. The molecule has 0 saturated carbocycles. The lowest BCUT2D eigenvalue weighted by atomic mass is 9.83. The molecule has 196 valence electrons. The Balaban J connectivity index is 1.59. The molecule has 3 aromatic rings. The van der Waals surface area contributed by atoms with E-state index in [9.17, 15) is 9.59 Å². The van der Waals surface area contributed by atoms with Crippen LogP contribution in [0.25, 0.3) is 11.4 Å². The molecular formula is C28H36N6O3. The van der Waals surface area contributed by atoms with Gasteiger partial charge in [-0.2, -0.15) is 0 Å². The van der Waals surface area contributed by atoms with Crippen molar-refractivity contribution >= 4 is 11.9 Å². The first-order valence-electron chi connectivity index (χ1n) is 12.3. The van der Waals surface area contributed by atoms with Crippen molar-refractivity contribution in [2.75, 3.05) is 7.05 Å². The van der Waals surface area contributed by atoms with Gasteiger partial charge in [0.2, 0.25) is 5.82 Å². The number of hydrogen-bond acceptors (Lipinski definition) is 8. The van der Waals surface area contributed by atoms with Gasteiger partial charge in [0.15, 0.2) is 11.6 Å². The fourth-order valence-electron chi connectivity index (χ4n) is 3.66. The van der Waals surface area contributed by atoms with Gasteiger partial charge < -0.3 is 15.0 Å². The van der Waals surface area contributed by atoms with E-state index in [1.807, 2.05) is 84.0 Å². The molecule has 1 atom stereocenters. The molecule has 9 heteroatoms. The minimum Gasteiger partial charge on any atom is -0.410 e. The van der Waals surface area contributed by atoms with Gasteiger partial charge in [-0.1, -0.05) is 63.2 Å². The third-order valence-electron chi connectivity index (χ3n) is 5.47. The quantitative estimate of drug-likeness (QED) is 0.478. The Hall–Kier alpha value is -3.72. The molecule has 0 bridgehead atoms. The van der Waals surface area contributed by atoms with Crippen LogP contribution in [0.15, 0.2) is 54.6 Å². The third kappa shape index (κ3) is 8.42. The van der Waals surface area contributed by atoms with Crippen LogP contribution >= 0.6 is 0 Å². The second kappa shape index (κ2) is 11.6. The average Bonchev–Trinajstić information content (AvgIpc) is 2.84. The van der Waals surface area contributed by atoms with Crippen molar-refractivity contribution < 1.29 is 14.3 Å². The number of ether oxygens (including phenoxy) is 1. The summed E-state index contributed by atoms with van der Waals surface area (Å²) in [6.07, 6.45) is -0.0173. The van der Waals surface area contributed by atoms with Crippen molar-refractivity contribution in [3.8, 4) is 17.1 Å². The van der Waals surface area contributed by atoms with E-state index < -0.39 is 11.5 Å². The van der Waals surface area contributed by atoms with Crippen molar-refractivity contribution in [3.05, 3.63) is 66.0 Å². The van der Waals surface area contributed by atoms with Crippen molar-refractivity contribution in [2.45, 2.75) is 66.1 Å². The van der Waals surface area contributed by atoms with Gasteiger partial charge >= 0.3 is 6.09 Å². The van der Waals surface area contributed by atoms with Crippen LogP contribution in [0.2, 0.25) is 0 Å². The molecule has 1 amide bonds. The molecule has 0 saturated heterocycles. The lowest BCUT2D eigenvalue weighted by Gasteiger charge is -2.32. The highest BCUT2D eigenvalue weighted by molar-refractivity contribution is 5.89. The molecule has 1 aromatic heterocycles. The normalized spacial score (nSPS) is 12.6. The highest BCUT2D eigenvalue weighted by Gasteiger charge is 2.32. The molecule has 0 fully saturated rings. The summed E-state index contributed by atoms with van der Waals surface area (Å²) in [6.45, 7) is 12.0. The zero-order chi connectivity index (χ0) is 27.2. The van der Waals surface area contributed by atoms with Gasteiger partial charge in [0, 0.05) is 23.6 Å². The average molecular weight is 505 g/mol. The molecule has 9 nitrogen and oxygen atoms in total. The van der Waals surface area contributed by atoms with Crippen LogP contribution in [0.4, 0.5) is 4.79 Å². The molecule has 0 spiro atoms. The summed E-state index contributed by atoms with van der Waals surface area (Å²) in [4.78, 5) is 26.9. The number of carbonyl (C=O) groups is 2. The van der Waals surface area contributed by atoms with Crippen molar-refractivity contribution in [3.63, 3.8) is 0 Å². The number of carbonyl (C=O) groups excluding carboxylic acids is 2. The lowest BCUT2D eigenvalue weighted by molar-refractivity contribution is -0.128. The van der Waals surface area contributed by atoms with E-state index in [0.717, 1.165) is 11.1 Å². The van der Waals surface area contributed by atoms with E-state index in [0.29, 0.717) is 23.8 Å². The summed E-state index contributed by atoms with van der Waals surface area (Å²) in [5, 5.41) is 19.8. The van der Waals surface area contributed by atoms with Crippen molar-refractivity contribution in [2.24, 2.45) is 5.41 Å². The minimum atomic E-state index is -0.557. The highest BCUT2D eigenvalue weighted by atomic mass is 16.6. The van der Waals surface area contributed by atoms with Crippen LogP contribution in [-0.2, 0) is 17.8 Å². The monoisotopic (exact) mass is 504 g/mol. The number of ketones is 1. The lowest BCUT2D eigenvalue weighted by Crippen LogP contribution is -2.51. The topological polar surface area (TPSA) is 110 Å². The number of Topliss-reactive ketones (excluding diaryl/α,β-unsaturated/α-hetero) is 1. The van der Waals surface area contributed by atoms with E-state index in [1.165, 1.54) is 4.90 Å². The van der Waals surface area contributed by atoms with Crippen LogP contribution in [0.5, 0.6) is 5.75 Å². The first-order chi connectivity index (χ1) is 17.3. The molecule has 0 radical (unpaired) electrons. The Bertz CT molecular complexity index is 1180. The number of aromatic nitrogens is 4. The first kappa shape index (κ1) is 27.9. The number of nitrogens with one attached hydrogen (secondary N) is 1. The fraction of sp³-hybridized carbons (Fsp3) is 0.429. The van der Waals surface area contributed by atoms with Gasteiger partial charge in [-0.15, -0.1) is 20.4 Å².